The fraction of sp³-hybridized carbons (Fsp3) is 0.500. The molecule has 2 rings (SSSR count). The summed E-state index contributed by atoms with van der Waals surface area (Å²) in [4.78, 5) is 16.1. The zero-order valence-corrected chi connectivity index (χ0v) is 8.78. The van der Waals surface area contributed by atoms with Gasteiger partial charge in [0.2, 0.25) is 0 Å². The number of hydrogen-bond donors (Lipinski definition) is 1. The van der Waals surface area contributed by atoms with Gasteiger partial charge in [-0.3, -0.25) is 4.79 Å². The van der Waals surface area contributed by atoms with Crippen LogP contribution in [0.15, 0.2) is 18.3 Å². The second kappa shape index (κ2) is 4.43. The van der Waals surface area contributed by atoms with Gasteiger partial charge >= 0.3 is 0 Å². The Kier molecular flexibility index (Phi) is 2.99. The summed E-state index contributed by atoms with van der Waals surface area (Å²) in [6, 6.07) is 3.55. The van der Waals surface area contributed by atoms with E-state index in [0.29, 0.717) is 11.4 Å². The number of nitrogens with two attached hydrogens (primary N) is 1. The van der Waals surface area contributed by atoms with Crippen molar-refractivity contribution in [1.29, 1.82) is 0 Å². The maximum Gasteiger partial charge on any atom is 0.169 e. The van der Waals surface area contributed by atoms with Gasteiger partial charge in [-0.15, -0.1) is 0 Å². The van der Waals surface area contributed by atoms with Gasteiger partial charge in [0.05, 0.1) is 5.56 Å². The van der Waals surface area contributed by atoms with Gasteiger partial charge in [-0.25, -0.2) is 4.98 Å². The number of rotatable bonds is 2. The maximum absolute atomic E-state index is 12.1. The predicted molar refractivity (Wildman–Crippen MR) is 59.6 cm³/mol. The Balaban J connectivity index is 2.16. The van der Waals surface area contributed by atoms with Crippen LogP contribution in [0.1, 0.15) is 42.5 Å². The van der Waals surface area contributed by atoms with Crippen LogP contribution in [-0.4, -0.2) is 10.8 Å². The summed E-state index contributed by atoms with van der Waals surface area (Å²) in [6.45, 7) is 0. The molecule has 1 saturated carbocycles. The Morgan fingerprint density at radius 1 is 1.33 bits per heavy atom. The van der Waals surface area contributed by atoms with Gasteiger partial charge in [0.15, 0.2) is 5.78 Å². The fourth-order valence-corrected chi connectivity index (χ4v) is 2.21. The molecule has 0 spiro atoms. The predicted octanol–water partition coefficient (Wildman–Crippen LogP) is 2.43. The lowest BCUT2D eigenvalue weighted by Crippen LogP contribution is -2.19. The largest absolute Gasteiger partial charge is 0.383 e. The van der Waals surface area contributed by atoms with Gasteiger partial charge in [-0.1, -0.05) is 19.3 Å². The third kappa shape index (κ3) is 2.17. The maximum atomic E-state index is 12.1. The molecule has 0 aliphatic heterocycles. The van der Waals surface area contributed by atoms with Crippen LogP contribution in [0, 0.1) is 5.92 Å². The van der Waals surface area contributed by atoms with Crippen LogP contribution in [-0.2, 0) is 0 Å². The van der Waals surface area contributed by atoms with Crippen LogP contribution in [0.4, 0.5) is 5.82 Å². The van der Waals surface area contributed by atoms with Crippen molar-refractivity contribution in [2.75, 3.05) is 5.73 Å². The molecule has 0 amide bonds. The van der Waals surface area contributed by atoms with Crippen LogP contribution in [0.25, 0.3) is 0 Å². The Bertz CT molecular complexity index is 356. The second-order valence-electron chi connectivity index (χ2n) is 4.14. The third-order valence-corrected chi connectivity index (χ3v) is 3.08. The first kappa shape index (κ1) is 10.1. The number of carbonyl (C=O) groups is 1. The van der Waals surface area contributed by atoms with E-state index in [2.05, 4.69) is 4.98 Å². The molecule has 2 N–H and O–H groups in total. The van der Waals surface area contributed by atoms with Crippen LogP contribution in [0.5, 0.6) is 0 Å². The van der Waals surface area contributed by atoms with Crippen LogP contribution in [0.3, 0.4) is 0 Å². The van der Waals surface area contributed by atoms with Gasteiger partial charge in [-0.05, 0) is 25.0 Å². The highest BCUT2D eigenvalue weighted by Crippen LogP contribution is 2.27. The topological polar surface area (TPSA) is 56.0 Å². The van der Waals surface area contributed by atoms with Crippen molar-refractivity contribution in [3.8, 4) is 0 Å². The van der Waals surface area contributed by atoms with E-state index in [1.54, 1.807) is 18.3 Å². The number of carbonyl (C=O) groups excluding carboxylic acids is 1. The van der Waals surface area contributed by atoms with Crippen molar-refractivity contribution in [3.63, 3.8) is 0 Å². The highest BCUT2D eigenvalue weighted by molar-refractivity contribution is 6.01. The molecule has 0 atom stereocenters. The van der Waals surface area contributed by atoms with Crippen LogP contribution in [0.2, 0.25) is 0 Å². The van der Waals surface area contributed by atoms with Crippen molar-refractivity contribution in [3.05, 3.63) is 23.9 Å². The second-order valence-corrected chi connectivity index (χ2v) is 4.14. The summed E-state index contributed by atoms with van der Waals surface area (Å²) in [7, 11) is 0. The summed E-state index contributed by atoms with van der Waals surface area (Å²) in [5.41, 5.74) is 6.30. The van der Waals surface area contributed by atoms with E-state index < -0.39 is 0 Å². The molecule has 0 radical (unpaired) electrons. The summed E-state index contributed by atoms with van der Waals surface area (Å²) in [5.74, 6) is 0.721. The molecule has 0 unspecified atom stereocenters. The zero-order valence-electron chi connectivity index (χ0n) is 8.78. The molecule has 1 aromatic rings. The minimum atomic E-state index is 0.172. The van der Waals surface area contributed by atoms with E-state index in [-0.39, 0.29) is 11.7 Å². The molecular weight excluding hydrogens is 188 g/mol. The molecule has 0 bridgehead atoms. The molecule has 0 saturated heterocycles. The Hall–Kier alpha value is -1.38. The molecule has 1 heterocycles. The van der Waals surface area contributed by atoms with Crippen molar-refractivity contribution >= 4 is 11.6 Å². The molecule has 1 aromatic heterocycles. The molecule has 1 aliphatic carbocycles. The first-order valence-electron chi connectivity index (χ1n) is 5.54. The van der Waals surface area contributed by atoms with E-state index in [1.807, 2.05) is 0 Å². The number of Topliss-reactive ketones (excluding diaryl/α,β-unsaturated/α-hetero) is 1. The van der Waals surface area contributed by atoms with E-state index in [9.17, 15) is 4.79 Å². The van der Waals surface area contributed by atoms with Crippen LogP contribution < -0.4 is 5.73 Å². The molecule has 1 aliphatic rings. The van der Waals surface area contributed by atoms with Gasteiger partial charge in [-0.2, -0.15) is 0 Å². The normalized spacial score (nSPS) is 17.6. The first-order chi connectivity index (χ1) is 7.29. The minimum absolute atomic E-state index is 0.172. The monoisotopic (exact) mass is 204 g/mol. The number of aromatic nitrogens is 1. The zero-order chi connectivity index (χ0) is 10.7. The molecule has 0 aromatic carbocycles. The molecule has 15 heavy (non-hydrogen) atoms. The highest BCUT2D eigenvalue weighted by atomic mass is 16.1. The lowest BCUT2D eigenvalue weighted by Gasteiger charge is -2.20. The minimum Gasteiger partial charge on any atom is -0.383 e. The number of nitrogens with zero attached hydrogens (tertiary/aromatic N) is 1. The van der Waals surface area contributed by atoms with Crippen molar-refractivity contribution < 1.29 is 4.79 Å². The Morgan fingerprint density at radius 3 is 2.73 bits per heavy atom. The SMILES string of the molecule is Nc1ncccc1C(=O)C1CCCCC1. The smallest absolute Gasteiger partial charge is 0.169 e. The summed E-state index contributed by atoms with van der Waals surface area (Å²) >= 11 is 0. The van der Waals surface area contributed by atoms with Crippen molar-refractivity contribution in [2.24, 2.45) is 5.92 Å². The highest BCUT2D eigenvalue weighted by Gasteiger charge is 2.23. The van der Waals surface area contributed by atoms with E-state index in [4.69, 9.17) is 5.73 Å². The number of hydrogen-bond acceptors (Lipinski definition) is 3. The quantitative estimate of drug-likeness (QED) is 0.753. The summed E-state index contributed by atoms with van der Waals surface area (Å²) in [5, 5.41) is 0. The first-order valence-corrected chi connectivity index (χ1v) is 5.54. The van der Waals surface area contributed by atoms with E-state index in [0.717, 1.165) is 25.7 Å². The lowest BCUT2D eigenvalue weighted by molar-refractivity contribution is 0.0890. The van der Waals surface area contributed by atoms with E-state index in [1.165, 1.54) is 6.42 Å². The average Bonchev–Trinajstić information content (AvgIpc) is 2.30. The van der Waals surface area contributed by atoms with Crippen LogP contribution >= 0.6 is 0 Å². The number of nitrogen functional groups attached to an aromatic ring is 1. The van der Waals surface area contributed by atoms with Gasteiger partial charge < -0.3 is 5.73 Å². The molecule has 80 valence electrons. The third-order valence-electron chi connectivity index (χ3n) is 3.08. The Labute approximate surface area is 89.7 Å². The number of anilines is 1. The van der Waals surface area contributed by atoms with Crippen molar-refractivity contribution in [2.45, 2.75) is 32.1 Å². The average molecular weight is 204 g/mol. The lowest BCUT2D eigenvalue weighted by atomic mass is 9.84. The van der Waals surface area contributed by atoms with Gasteiger partial charge in [0.25, 0.3) is 0 Å². The molecule has 1 fully saturated rings. The Morgan fingerprint density at radius 2 is 2.07 bits per heavy atom. The summed E-state index contributed by atoms with van der Waals surface area (Å²) in [6.07, 6.45) is 7.22. The molecular formula is C12H16N2O. The number of ketones is 1. The van der Waals surface area contributed by atoms with Gasteiger partial charge in [0, 0.05) is 12.1 Å². The number of pyridine rings is 1. The van der Waals surface area contributed by atoms with E-state index >= 15 is 0 Å². The standard InChI is InChI=1S/C12H16N2O/c13-12-10(7-4-8-14-12)11(15)9-5-2-1-3-6-9/h4,7-9H,1-3,5-6H2,(H2,13,14). The molecule has 3 nitrogen and oxygen atoms in total. The fourth-order valence-electron chi connectivity index (χ4n) is 2.21. The van der Waals surface area contributed by atoms with Gasteiger partial charge in [0.1, 0.15) is 5.82 Å². The van der Waals surface area contributed by atoms with Crippen molar-refractivity contribution in [1.82, 2.24) is 4.98 Å². The molecule has 3 heteroatoms. The summed E-state index contributed by atoms with van der Waals surface area (Å²) < 4.78 is 0.